The van der Waals surface area contributed by atoms with Crippen molar-refractivity contribution in [2.24, 2.45) is 5.92 Å². The van der Waals surface area contributed by atoms with Crippen molar-refractivity contribution in [3.63, 3.8) is 0 Å². The van der Waals surface area contributed by atoms with Crippen molar-refractivity contribution < 1.29 is 14.3 Å². The van der Waals surface area contributed by atoms with Crippen molar-refractivity contribution in [1.82, 2.24) is 5.32 Å². The molecule has 1 heterocycles. The summed E-state index contributed by atoms with van der Waals surface area (Å²) in [5, 5.41) is 3.08. The molecule has 4 nitrogen and oxygen atoms in total. The van der Waals surface area contributed by atoms with Crippen LogP contribution in [0.1, 0.15) is 38.2 Å². The van der Waals surface area contributed by atoms with Gasteiger partial charge >= 0.3 is 0 Å². The lowest BCUT2D eigenvalue weighted by Crippen LogP contribution is -2.36. The van der Waals surface area contributed by atoms with Gasteiger partial charge in [0.25, 0.3) is 0 Å². The Morgan fingerprint density at radius 2 is 1.95 bits per heavy atom. The van der Waals surface area contributed by atoms with Gasteiger partial charge in [-0.3, -0.25) is 4.79 Å². The van der Waals surface area contributed by atoms with Crippen LogP contribution in [0.2, 0.25) is 0 Å². The van der Waals surface area contributed by atoms with E-state index in [9.17, 15) is 4.79 Å². The zero-order valence-corrected chi connectivity index (χ0v) is 12.3. The van der Waals surface area contributed by atoms with Crippen LogP contribution in [0.15, 0.2) is 24.3 Å². The molecule has 0 unspecified atom stereocenters. The molecule has 0 atom stereocenters. The highest BCUT2D eigenvalue weighted by atomic mass is 16.7. The summed E-state index contributed by atoms with van der Waals surface area (Å²) in [6, 6.07) is 5.99. The molecule has 1 amide bonds. The van der Waals surface area contributed by atoms with Gasteiger partial charge in [-0.15, -0.1) is 0 Å². The molecule has 0 saturated heterocycles. The number of hydrogen-bond acceptors (Lipinski definition) is 3. The molecule has 112 valence electrons. The van der Waals surface area contributed by atoms with Gasteiger partial charge in [-0.05, 0) is 55.4 Å². The minimum absolute atomic E-state index is 0.0211. The van der Waals surface area contributed by atoms with Crippen LogP contribution in [0.4, 0.5) is 0 Å². The monoisotopic (exact) mass is 287 g/mol. The molecule has 1 aliphatic heterocycles. The van der Waals surface area contributed by atoms with E-state index in [0.29, 0.717) is 6.04 Å². The van der Waals surface area contributed by atoms with Crippen LogP contribution in [-0.4, -0.2) is 18.7 Å². The summed E-state index contributed by atoms with van der Waals surface area (Å²) in [7, 11) is 0. The SMILES string of the molecule is CC1CCC(NC(=O)C=Cc2ccc3c(c2)OCO3)CC1. The normalized spacial score (nSPS) is 24.2. The molecule has 1 aromatic rings. The third kappa shape index (κ3) is 3.57. The first-order valence-corrected chi connectivity index (χ1v) is 7.59. The Balaban J connectivity index is 1.54. The molecule has 4 heteroatoms. The van der Waals surface area contributed by atoms with Gasteiger partial charge in [0, 0.05) is 12.1 Å². The molecule has 0 aromatic heterocycles. The van der Waals surface area contributed by atoms with E-state index >= 15 is 0 Å². The largest absolute Gasteiger partial charge is 0.454 e. The third-order valence-electron chi connectivity index (χ3n) is 4.19. The van der Waals surface area contributed by atoms with Gasteiger partial charge in [-0.2, -0.15) is 0 Å². The van der Waals surface area contributed by atoms with Crippen molar-refractivity contribution in [2.75, 3.05) is 6.79 Å². The smallest absolute Gasteiger partial charge is 0.244 e. The van der Waals surface area contributed by atoms with E-state index in [1.54, 1.807) is 6.08 Å². The highest BCUT2D eigenvalue weighted by Crippen LogP contribution is 2.32. The highest BCUT2D eigenvalue weighted by Gasteiger charge is 2.18. The van der Waals surface area contributed by atoms with E-state index in [1.165, 1.54) is 12.8 Å². The van der Waals surface area contributed by atoms with Crippen LogP contribution >= 0.6 is 0 Å². The first kappa shape index (κ1) is 14.0. The Hall–Kier alpha value is -1.97. The van der Waals surface area contributed by atoms with E-state index in [2.05, 4.69) is 12.2 Å². The van der Waals surface area contributed by atoms with Gasteiger partial charge in [-0.1, -0.05) is 13.0 Å². The van der Waals surface area contributed by atoms with Crippen LogP contribution in [0.25, 0.3) is 6.08 Å². The third-order valence-corrected chi connectivity index (χ3v) is 4.19. The summed E-state index contributed by atoms with van der Waals surface area (Å²) in [5.41, 5.74) is 0.937. The molecule has 1 aliphatic carbocycles. The van der Waals surface area contributed by atoms with Crippen LogP contribution in [0.3, 0.4) is 0 Å². The number of rotatable bonds is 3. The summed E-state index contributed by atoms with van der Waals surface area (Å²) in [6.07, 6.45) is 7.99. The van der Waals surface area contributed by atoms with Crippen molar-refractivity contribution in [3.05, 3.63) is 29.8 Å². The Labute approximate surface area is 125 Å². The van der Waals surface area contributed by atoms with Gasteiger partial charge in [0.1, 0.15) is 0 Å². The van der Waals surface area contributed by atoms with Gasteiger partial charge in [0.15, 0.2) is 11.5 Å². The van der Waals surface area contributed by atoms with Gasteiger partial charge in [-0.25, -0.2) is 0 Å². The molecule has 3 rings (SSSR count). The number of benzene rings is 1. The number of nitrogens with one attached hydrogen (secondary N) is 1. The fraction of sp³-hybridized carbons (Fsp3) is 0.471. The minimum Gasteiger partial charge on any atom is -0.454 e. The average molecular weight is 287 g/mol. The van der Waals surface area contributed by atoms with Crippen LogP contribution in [0.5, 0.6) is 11.5 Å². The minimum atomic E-state index is -0.0211. The van der Waals surface area contributed by atoms with Gasteiger partial charge < -0.3 is 14.8 Å². The lowest BCUT2D eigenvalue weighted by molar-refractivity contribution is -0.117. The maximum atomic E-state index is 11.9. The average Bonchev–Trinajstić information content (AvgIpc) is 2.95. The van der Waals surface area contributed by atoms with E-state index in [1.807, 2.05) is 24.3 Å². The molecule has 0 radical (unpaired) electrons. The topological polar surface area (TPSA) is 47.6 Å². The first-order chi connectivity index (χ1) is 10.2. The van der Waals surface area contributed by atoms with E-state index in [-0.39, 0.29) is 12.7 Å². The summed E-state index contributed by atoms with van der Waals surface area (Å²) >= 11 is 0. The number of fused-ring (bicyclic) bond motifs is 1. The highest BCUT2D eigenvalue weighted by molar-refractivity contribution is 5.92. The zero-order valence-electron chi connectivity index (χ0n) is 12.3. The molecule has 0 bridgehead atoms. The maximum Gasteiger partial charge on any atom is 0.244 e. The van der Waals surface area contributed by atoms with Crippen LogP contribution in [-0.2, 0) is 4.79 Å². The summed E-state index contributed by atoms with van der Waals surface area (Å²) in [4.78, 5) is 11.9. The zero-order chi connectivity index (χ0) is 14.7. The Morgan fingerprint density at radius 1 is 1.19 bits per heavy atom. The Bertz CT molecular complexity index is 545. The number of ether oxygens (including phenoxy) is 2. The quantitative estimate of drug-likeness (QED) is 0.869. The lowest BCUT2D eigenvalue weighted by atomic mass is 9.87. The second kappa shape index (κ2) is 6.20. The number of carbonyl (C=O) groups excluding carboxylic acids is 1. The maximum absolute atomic E-state index is 11.9. The van der Waals surface area contributed by atoms with Crippen LogP contribution < -0.4 is 14.8 Å². The van der Waals surface area contributed by atoms with Crippen molar-refractivity contribution >= 4 is 12.0 Å². The summed E-state index contributed by atoms with van der Waals surface area (Å²) in [6.45, 7) is 2.54. The predicted octanol–water partition coefficient (Wildman–Crippen LogP) is 3.12. The fourth-order valence-electron chi connectivity index (χ4n) is 2.84. The molecule has 2 aliphatic rings. The van der Waals surface area contributed by atoms with E-state index in [0.717, 1.165) is 35.8 Å². The number of carbonyl (C=O) groups is 1. The first-order valence-electron chi connectivity index (χ1n) is 7.59. The number of hydrogen-bond donors (Lipinski definition) is 1. The lowest BCUT2D eigenvalue weighted by Gasteiger charge is -2.26. The van der Waals surface area contributed by atoms with Crippen molar-refractivity contribution in [3.8, 4) is 11.5 Å². The summed E-state index contributed by atoms with van der Waals surface area (Å²) in [5.74, 6) is 2.27. The fourth-order valence-corrected chi connectivity index (χ4v) is 2.84. The molecule has 1 fully saturated rings. The van der Waals surface area contributed by atoms with Crippen molar-refractivity contribution in [2.45, 2.75) is 38.6 Å². The van der Waals surface area contributed by atoms with E-state index < -0.39 is 0 Å². The van der Waals surface area contributed by atoms with Gasteiger partial charge in [0.2, 0.25) is 12.7 Å². The molecule has 1 saturated carbocycles. The predicted molar refractivity (Wildman–Crippen MR) is 81.2 cm³/mol. The molecular weight excluding hydrogens is 266 g/mol. The molecule has 0 spiro atoms. The summed E-state index contributed by atoms with van der Waals surface area (Å²) < 4.78 is 10.6. The van der Waals surface area contributed by atoms with Crippen molar-refractivity contribution in [1.29, 1.82) is 0 Å². The molecule has 1 aromatic carbocycles. The Morgan fingerprint density at radius 3 is 2.76 bits per heavy atom. The molecule has 1 N–H and O–H groups in total. The molecule has 21 heavy (non-hydrogen) atoms. The van der Waals surface area contributed by atoms with Crippen LogP contribution in [0, 0.1) is 5.92 Å². The standard InChI is InChI=1S/C17H21NO3/c1-12-2-6-14(7-3-12)18-17(19)9-5-13-4-8-15-16(10-13)21-11-20-15/h4-5,8-10,12,14H,2-3,6-7,11H2,1H3,(H,18,19). The second-order valence-corrected chi connectivity index (χ2v) is 5.91. The van der Waals surface area contributed by atoms with E-state index in [4.69, 9.17) is 9.47 Å². The van der Waals surface area contributed by atoms with Gasteiger partial charge in [0.05, 0.1) is 0 Å². The number of amides is 1. The Kier molecular flexibility index (Phi) is 4.13. The second-order valence-electron chi connectivity index (χ2n) is 5.91. The molecular formula is C17H21NO3.